The lowest BCUT2D eigenvalue weighted by Gasteiger charge is -2.23. The monoisotopic (exact) mass is 428 g/mol. The smallest absolute Gasteiger partial charge is 0.289 e. The van der Waals surface area contributed by atoms with E-state index in [4.69, 9.17) is 9.15 Å². The number of hydrogen-bond donors (Lipinski definition) is 0. The highest BCUT2D eigenvalue weighted by Gasteiger charge is 2.23. The molecule has 0 bridgehead atoms. The van der Waals surface area contributed by atoms with Gasteiger partial charge in [0, 0.05) is 37.3 Å². The summed E-state index contributed by atoms with van der Waals surface area (Å²) in [6.45, 7) is 3.11. The van der Waals surface area contributed by atoms with E-state index in [9.17, 15) is 4.79 Å². The fraction of sp³-hybridized carbons (Fsp3) is 0.286. The second kappa shape index (κ2) is 7.64. The van der Waals surface area contributed by atoms with Crippen molar-refractivity contribution in [2.75, 3.05) is 38.2 Å². The van der Waals surface area contributed by atoms with E-state index in [1.54, 1.807) is 7.11 Å². The number of halogens is 1. The van der Waals surface area contributed by atoms with Gasteiger partial charge in [0.2, 0.25) is 0 Å². The Bertz CT molecular complexity index is 952. The van der Waals surface area contributed by atoms with Crippen molar-refractivity contribution in [3.05, 3.63) is 58.8 Å². The van der Waals surface area contributed by atoms with E-state index in [-0.39, 0.29) is 5.91 Å². The average Bonchev–Trinajstić information content (AvgIpc) is 2.99. The quantitative estimate of drug-likeness (QED) is 0.613. The topological polar surface area (TPSA) is 45.9 Å². The molecule has 140 valence electrons. The lowest BCUT2D eigenvalue weighted by molar-refractivity contribution is 0.0737. The summed E-state index contributed by atoms with van der Waals surface area (Å²) in [7, 11) is 1.67. The van der Waals surface area contributed by atoms with Crippen LogP contribution in [0.15, 0.2) is 57.4 Å². The van der Waals surface area contributed by atoms with Crippen LogP contribution in [0.25, 0.3) is 11.0 Å². The summed E-state index contributed by atoms with van der Waals surface area (Å²) in [6, 6.07) is 15.7. The van der Waals surface area contributed by atoms with Crippen LogP contribution in [0.2, 0.25) is 0 Å². The number of carbonyl (C=O) groups is 1. The predicted molar refractivity (Wildman–Crippen MR) is 110 cm³/mol. The number of rotatable bonds is 3. The number of benzene rings is 2. The largest absolute Gasteiger partial charge is 0.497 e. The Morgan fingerprint density at radius 2 is 1.89 bits per heavy atom. The number of hydrogen-bond acceptors (Lipinski definition) is 4. The average molecular weight is 429 g/mol. The molecular formula is C21H21BrN2O3. The molecule has 1 aromatic heterocycles. The molecule has 1 aliphatic heterocycles. The summed E-state index contributed by atoms with van der Waals surface area (Å²) in [5.74, 6) is 1.20. The maximum atomic E-state index is 12.9. The van der Waals surface area contributed by atoms with E-state index < -0.39 is 0 Å². The summed E-state index contributed by atoms with van der Waals surface area (Å²) in [5, 5.41) is 0.933. The van der Waals surface area contributed by atoms with Gasteiger partial charge in [-0.25, -0.2) is 0 Å². The van der Waals surface area contributed by atoms with Gasteiger partial charge < -0.3 is 19.0 Å². The van der Waals surface area contributed by atoms with Crippen molar-refractivity contribution in [1.82, 2.24) is 4.90 Å². The van der Waals surface area contributed by atoms with E-state index in [1.807, 2.05) is 41.3 Å². The van der Waals surface area contributed by atoms with Gasteiger partial charge in [-0.3, -0.25) is 4.79 Å². The molecule has 1 saturated heterocycles. The molecule has 0 radical (unpaired) electrons. The molecule has 0 saturated carbocycles. The molecule has 0 N–H and O–H groups in total. The summed E-state index contributed by atoms with van der Waals surface area (Å²) in [5.41, 5.74) is 1.87. The Hall–Kier alpha value is -2.47. The number of methoxy groups -OCH3 is 1. The zero-order valence-corrected chi connectivity index (χ0v) is 16.7. The second-order valence-corrected chi connectivity index (χ2v) is 7.45. The zero-order valence-electron chi connectivity index (χ0n) is 15.2. The van der Waals surface area contributed by atoms with Crippen LogP contribution in [-0.4, -0.2) is 44.1 Å². The second-order valence-electron chi connectivity index (χ2n) is 6.60. The molecule has 2 heterocycles. The number of anilines is 1. The van der Waals surface area contributed by atoms with Crippen LogP contribution in [0.3, 0.4) is 0 Å². The summed E-state index contributed by atoms with van der Waals surface area (Å²) < 4.78 is 11.9. The standard InChI is InChI=1S/C21H21BrN2O3/c1-26-17-8-6-16(7-9-17)23-10-3-11-24(13-12-23)21(25)19-14-15-4-2-5-18(22)20(15)27-19/h2,4-9,14H,3,10-13H2,1H3. The third kappa shape index (κ3) is 3.67. The zero-order chi connectivity index (χ0) is 18.8. The van der Waals surface area contributed by atoms with Crippen molar-refractivity contribution < 1.29 is 13.9 Å². The SMILES string of the molecule is COc1ccc(N2CCCN(C(=O)c3cc4cccc(Br)c4o3)CC2)cc1. The van der Waals surface area contributed by atoms with Gasteiger partial charge in [0.05, 0.1) is 11.6 Å². The molecule has 1 fully saturated rings. The van der Waals surface area contributed by atoms with Crippen LogP contribution in [0.4, 0.5) is 5.69 Å². The van der Waals surface area contributed by atoms with Gasteiger partial charge in [0.15, 0.2) is 5.76 Å². The van der Waals surface area contributed by atoms with Crippen LogP contribution in [0, 0.1) is 0 Å². The maximum Gasteiger partial charge on any atom is 0.289 e. The number of amides is 1. The molecule has 4 rings (SSSR count). The van der Waals surface area contributed by atoms with Crippen LogP contribution in [-0.2, 0) is 0 Å². The van der Waals surface area contributed by atoms with Gasteiger partial charge in [-0.1, -0.05) is 12.1 Å². The number of para-hydroxylation sites is 1. The minimum atomic E-state index is -0.0466. The third-order valence-electron chi connectivity index (χ3n) is 4.93. The molecule has 2 aromatic carbocycles. The van der Waals surface area contributed by atoms with Crippen molar-refractivity contribution in [3.8, 4) is 5.75 Å². The molecule has 0 atom stereocenters. The van der Waals surface area contributed by atoms with Crippen molar-refractivity contribution in [3.63, 3.8) is 0 Å². The molecule has 0 unspecified atom stereocenters. The number of ether oxygens (including phenoxy) is 1. The van der Waals surface area contributed by atoms with E-state index in [0.29, 0.717) is 12.3 Å². The van der Waals surface area contributed by atoms with E-state index in [2.05, 4.69) is 33.0 Å². The molecule has 0 aliphatic carbocycles. The van der Waals surface area contributed by atoms with E-state index >= 15 is 0 Å². The predicted octanol–water partition coefficient (Wildman–Crippen LogP) is 4.56. The first-order valence-corrected chi connectivity index (χ1v) is 9.81. The molecule has 3 aromatic rings. The number of carbonyl (C=O) groups excluding carboxylic acids is 1. The number of nitrogens with zero attached hydrogens (tertiary/aromatic N) is 2. The highest BCUT2D eigenvalue weighted by Crippen LogP contribution is 2.28. The molecule has 5 nitrogen and oxygen atoms in total. The van der Waals surface area contributed by atoms with E-state index in [1.165, 1.54) is 0 Å². The van der Waals surface area contributed by atoms with Gasteiger partial charge in [-0.2, -0.15) is 0 Å². The first-order chi connectivity index (χ1) is 13.2. The van der Waals surface area contributed by atoms with Gasteiger partial charge in [0.1, 0.15) is 11.3 Å². The summed E-state index contributed by atoms with van der Waals surface area (Å²) in [4.78, 5) is 17.1. The Balaban J connectivity index is 1.48. The first-order valence-electron chi connectivity index (χ1n) is 9.02. The minimum Gasteiger partial charge on any atom is -0.497 e. The molecule has 6 heteroatoms. The van der Waals surface area contributed by atoms with Crippen molar-refractivity contribution in [2.45, 2.75) is 6.42 Å². The minimum absolute atomic E-state index is 0.0466. The molecular weight excluding hydrogens is 408 g/mol. The molecule has 1 amide bonds. The van der Waals surface area contributed by atoms with Crippen molar-refractivity contribution in [2.24, 2.45) is 0 Å². The van der Waals surface area contributed by atoms with Crippen LogP contribution in [0.5, 0.6) is 5.75 Å². The van der Waals surface area contributed by atoms with Gasteiger partial charge >= 0.3 is 0 Å². The van der Waals surface area contributed by atoms with Gasteiger partial charge in [-0.15, -0.1) is 0 Å². The summed E-state index contributed by atoms with van der Waals surface area (Å²) in [6.07, 6.45) is 0.918. The van der Waals surface area contributed by atoms with Gasteiger partial charge in [-0.05, 0) is 58.7 Å². The lowest BCUT2D eigenvalue weighted by Crippen LogP contribution is -2.35. The number of fused-ring (bicyclic) bond motifs is 1. The normalized spacial score (nSPS) is 15.0. The Morgan fingerprint density at radius 1 is 1.07 bits per heavy atom. The highest BCUT2D eigenvalue weighted by molar-refractivity contribution is 9.10. The van der Waals surface area contributed by atoms with Crippen LogP contribution < -0.4 is 9.64 Å². The Kier molecular flexibility index (Phi) is 5.07. The van der Waals surface area contributed by atoms with Gasteiger partial charge in [0.25, 0.3) is 5.91 Å². The highest BCUT2D eigenvalue weighted by atomic mass is 79.9. The van der Waals surface area contributed by atoms with E-state index in [0.717, 1.165) is 52.9 Å². The van der Waals surface area contributed by atoms with Crippen LogP contribution in [0.1, 0.15) is 17.0 Å². The Labute approximate surface area is 166 Å². The molecule has 0 spiro atoms. The van der Waals surface area contributed by atoms with Crippen molar-refractivity contribution in [1.29, 1.82) is 0 Å². The first kappa shape index (κ1) is 17.9. The van der Waals surface area contributed by atoms with Crippen molar-refractivity contribution >= 4 is 38.5 Å². The molecule has 1 aliphatic rings. The third-order valence-corrected chi connectivity index (χ3v) is 5.55. The van der Waals surface area contributed by atoms with Crippen LogP contribution >= 0.6 is 15.9 Å². The fourth-order valence-corrected chi connectivity index (χ4v) is 3.92. The number of furan rings is 1. The Morgan fingerprint density at radius 3 is 2.63 bits per heavy atom. The maximum absolute atomic E-state index is 12.9. The fourth-order valence-electron chi connectivity index (χ4n) is 3.46. The summed E-state index contributed by atoms with van der Waals surface area (Å²) >= 11 is 3.48. The lowest BCUT2D eigenvalue weighted by atomic mass is 10.2. The molecule has 27 heavy (non-hydrogen) atoms.